The molecule has 0 spiro atoms. The van der Waals surface area contributed by atoms with E-state index in [9.17, 15) is 0 Å². The second kappa shape index (κ2) is 139. The SMILES string of the molecule is O.O.O.O.O.[H-].[H-].[H-].[H-].[H-].[H-].[H-].[H-].[H-].[H-].[H-].[H-].[H-].[H-].[Mg+2].[Mg+2].[Mg+2].[Mg+2].[Mg+2].[Mg+2].[Mg+2]. The minimum absolute atomic E-state index is 0. The van der Waals surface area contributed by atoms with E-state index < -0.39 is 0 Å². The van der Waals surface area contributed by atoms with Crippen molar-refractivity contribution in [1.29, 1.82) is 0 Å². The van der Waals surface area contributed by atoms with Crippen molar-refractivity contribution in [2.24, 2.45) is 0 Å². The van der Waals surface area contributed by atoms with Gasteiger partial charge in [0.2, 0.25) is 0 Å². The first-order valence-corrected chi connectivity index (χ1v) is 0. The molecule has 0 fully saturated rings. The van der Waals surface area contributed by atoms with Crippen molar-refractivity contribution in [2.75, 3.05) is 0 Å². The van der Waals surface area contributed by atoms with Gasteiger partial charge in [0, 0.05) is 0 Å². The first-order chi connectivity index (χ1) is 0. The molecule has 0 bridgehead atoms. The molecule has 0 heterocycles. The van der Waals surface area contributed by atoms with E-state index in [4.69, 9.17) is 0 Å². The van der Waals surface area contributed by atoms with Gasteiger partial charge in [-0.3, -0.25) is 0 Å². The Labute approximate surface area is 205 Å². The predicted octanol–water partition coefficient (Wildman–Crippen LogP) is -5.21. The van der Waals surface area contributed by atoms with Gasteiger partial charge in [-0.25, -0.2) is 0 Å². The molecule has 0 aliphatic carbocycles. The maximum Gasteiger partial charge on any atom is 2.00 e. The second-order valence-corrected chi connectivity index (χ2v) is 0. The molecule has 10 N–H and O–H groups in total. The standard InChI is InChI=1S/7Mg.5H2O.14H/h;;;;;;;5*1H2;;;;;;;;;;;;;;/q7*+2;;;;;;14*-1. The number of hydrogen-bond acceptors (Lipinski definition) is 0. The van der Waals surface area contributed by atoms with Crippen molar-refractivity contribution < 1.29 is 47.4 Å². The Morgan fingerprint density at radius 2 is 0.250 bits per heavy atom. The fourth-order valence-electron chi connectivity index (χ4n) is 0. The zero-order chi connectivity index (χ0) is 0. The fourth-order valence-corrected chi connectivity index (χ4v) is 0. The van der Waals surface area contributed by atoms with Gasteiger partial charge < -0.3 is 47.4 Å². The number of hydrogen-bond donors (Lipinski definition) is 0. The summed E-state index contributed by atoms with van der Waals surface area (Å²) in [6.45, 7) is 0. The van der Waals surface area contributed by atoms with E-state index in [1.807, 2.05) is 0 Å². The monoisotopic (exact) mass is 272 g/mol. The average Bonchev–Trinajstić information content (AvgIpc) is 0. The third kappa shape index (κ3) is 114. The Hall–Kier alpha value is 5.16. The molecule has 0 aromatic heterocycles. The van der Waals surface area contributed by atoms with Crippen LogP contribution in [0.2, 0.25) is 0 Å². The van der Waals surface area contributed by atoms with Crippen molar-refractivity contribution in [1.82, 2.24) is 0 Å². The topological polar surface area (TPSA) is 158 Å². The summed E-state index contributed by atoms with van der Waals surface area (Å²) in [4.78, 5) is 0. The minimum Gasteiger partial charge on any atom is -1.00 e. The minimum atomic E-state index is 0. The Kier molecular flexibility index (Phi) is 1950. The van der Waals surface area contributed by atoms with E-state index in [-0.39, 0.29) is 209 Å². The van der Waals surface area contributed by atoms with Crippen molar-refractivity contribution in [3.8, 4) is 0 Å². The van der Waals surface area contributed by atoms with Crippen LogP contribution in [0.15, 0.2) is 0 Å². The first kappa shape index (κ1) is 168. The Morgan fingerprint density at radius 3 is 0.250 bits per heavy atom. The van der Waals surface area contributed by atoms with Crippen LogP contribution >= 0.6 is 0 Å². The Morgan fingerprint density at radius 1 is 0.250 bits per heavy atom. The van der Waals surface area contributed by atoms with Gasteiger partial charge in [0.25, 0.3) is 0 Å². The van der Waals surface area contributed by atoms with E-state index in [0.29, 0.717) is 0 Å². The third-order valence-corrected chi connectivity index (χ3v) is 0. The van der Waals surface area contributed by atoms with E-state index in [1.165, 1.54) is 0 Å². The summed E-state index contributed by atoms with van der Waals surface area (Å²) in [5.74, 6) is 0. The van der Waals surface area contributed by atoms with Gasteiger partial charge in [-0.2, -0.15) is 0 Å². The van der Waals surface area contributed by atoms with Gasteiger partial charge in [-0.1, -0.05) is 0 Å². The third-order valence-electron chi connectivity index (χ3n) is 0. The molecular weight excluding hydrogens is 250 g/mol. The molecule has 0 aromatic rings. The van der Waals surface area contributed by atoms with Crippen LogP contribution in [-0.2, 0) is 0 Å². The van der Waals surface area contributed by atoms with Crippen LogP contribution in [0, 0.1) is 0 Å². The molecule has 0 radical (unpaired) electrons. The van der Waals surface area contributed by atoms with Gasteiger partial charge >= 0.3 is 161 Å². The van der Waals surface area contributed by atoms with E-state index in [0.717, 1.165) is 0 Å². The Balaban J connectivity index is 0. The Bertz CT molecular complexity index is 37.6. The summed E-state index contributed by atoms with van der Waals surface area (Å²) in [5.41, 5.74) is 0. The molecule has 0 amide bonds. The molecule has 68 valence electrons. The van der Waals surface area contributed by atoms with E-state index >= 15 is 0 Å². The van der Waals surface area contributed by atoms with E-state index in [2.05, 4.69) is 0 Å². The molecule has 0 saturated carbocycles. The largest absolute Gasteiger partial charge is 2.00 e. The van der Waals surface area contributed by atoms with Crippen LogP contribution in [0.5, 0.6) is 0 Å². The molecule has 0 unspecified atom stereocenters. The molecule has 0 saturated heterocycles. The van der Waals surface area contributed by atoms with Crippen LogP contribution < -0.4 is 0 Å². The van der Waals surface area contributed by atoms with Crippen molar-refractivity contribution in [3.63, 3.8) is 0 Å². The first-order valence-electron chi connectivity index (χ1n) is 0. The van der Waals surface area contributed by atoms with Gasteiger partial charge in [-0.05, 0) is 0 Å². The van der Waals surface area contributed by atoms with Crippen LogP contribution in [0.4, 0.5) is 0 Å². The van der Waals surface area contributed by atoms with Gasteiger partial charge in [0.05, 0.1) is 0 Å². The van der Waals surface area contributed by atoms with Gasteiger partial charge in [0.1, 0.15) is 0 Å². The van der Waals surface area contributed by atoms with Crippen LogP contribution in [-0.4, -0.2) is 189 Å². The van der Waals surface area contributed by atoms with Crippen LogP contribution in [0.25, 0.3) is 0 Å². The number of rotatable bonds is 0. The molecule has 5 nitrogen and oxygen atoms in total. The van der Waals surface area contributed by atoms with Gasteiger partial charge in [0.15, 0.2) is 0 Å². The summed E-state index contributed by atoms with van der Waals surface area (Å²) in [7, 11) is 0. The molecule has 0 aliphatic heterocycles. The molecule has 12 heavy (non-hydrogen) atoms. The molecule has 12 heteroatoms. The predicted molar refractivity (Wildman–Crippen MR) is 73.9 cm³/mol. The molecule has 0 atom stereocenters. The quantitative estimate of drug-likeness (QED) is 0.387. The van der Waals surface area contributed by atoms with Crippen LogP contribution in [0.3, 0.4) is 0 Å². The summed E-state index contributed by atoms with van der Waals surface area (Å²) in [5, 5.41) is 0. The fraction of sp³-hybridized carbons (Fsp3) is 0. The molecule has 0 rings (SSSR count). The van der Waals surface area contributed by atoms with Crippen molar-refractivity contribution >= 4 is 161 Å². The maximum atomic E-state index is 0. The summed E-state index contributed by atoms with van der Waals surface area (Å²) in [6, 6.07) is 0. The average molecular weight is 274 g/mol. The zero-order valence-corrected chi connectivity index (χ0v) is 17.3. The smallest absolute Gasteiger partial charge is 1.00 e. The summed E-state index contributed by atoms with van der Waals surface area (Å²) in [6.07, 6.45) is 0. The molecular formula is H24Mg7O5. The van der Waals surface area contributed by atoms with Crippen molar-refractivity contribution in [3.05, 3.63) is 0 Å². The van der Waals surface area contributed by atoms with E-state index in [1.54, 1.807) is 0 Å². The van der Waals surface area contributed by atoms with Gasteiger partial charge in [-0.15, -0.1) is 0 Å². The molecule has 0 aromatic carbocycles. The second-order valence-electron chi connectivity index (χ2n) is 0. The molecule has 0 aliphatic rings. The maximum absolute atomic E-state index is 0. The van der Waals surface area contributed by atoms with Crippen LogP contribution in [0.1, 0.15) is 20.0 Å². The van der Waals surface area contributed by atoms with Crippen molar-refractivity contribution in [2.45, 2.75) is 0 Å². The normalized spacial score (nSPS) is 0. The zero-order valence-electron chi connectivity index (χ0n) is 21.4. The summed E-state index contributed by atoms with van der Waals surface area (Å²) >= 11 is 0. The summed E-state index contributed by atoms with van der Waals surface area (Å²) < 4.78 is 0.